The standard InChI is InChI=1S/C20H28BFN2O3/c1-19(2)20(3,4)27-21(26-19)14-9-13-7-8-24(12-16(13)17(22)10-14)11-15-5-6-18(25)23-15/h9-10,15H,5-8,11-12H2,1-4H3,(H,23,25). The Hall–Kier alpha value is -1.44. The zero-order valence-corrected chi connectivity index (χ0v) is 16.6. The Morgan fingerprint density at radius 1 is 1.22 bits per heavy atom. The lowest BCUT2D eigenvalue weighted by molar-refractivity contribution is -0.119. The molecule has 3 aliphatic rings. The van der Waals surface area contributed by atoms with Crippen LogP contribution < -0.4 is 10.8 Å². The van der Waals surface area contributed by atoms with E-state index < -0.39 is 18.3 Å². The second kappa shape index (κ2) is 6.57. The molecule has 1 unspecified atom stereocenters. The molecule has 2 fully saturated rings. The van der Waals surface area contributed by atoms with Gasteiger partial charge in [0, 0.05) is 37.7 Å². The summed E-state index contributed by atoms with van der Waals surface area (Å²) >= 11 is 0. The van der Waals surface area contributed by atoms with Gasteiger partial charge in [-0.15, -0.1) is 0 Å². The zero-order chi connectivity index (χ0) is 19.4. The van der Waals surface area contributed by atoms with E-state index >= 15 is 0 Å². The topological polar surface area (TPSA) is 50.8 Å². The normalized spacial score (nSPS) is 26.9. The van der Waals surface area contributed by atoms with Crippen molar-refractivity contribution in [3.05, 3.63) is 29.1 Å². The van der Waals surface area contributed by atoms with Crippen molar-refractivity contribution in [1.82, 2.24) is 10.2 Å². The Balaban J connectivity index is 1.49. The van der Waals surface area contributed by atoms with Crippen LogP contribution in [0.3, 0.4) is 0 Å². The average molecular weight is 374 g/mol. The summed E-state index contributed by atoms with van der Waals surface area (Å²) in [5.74, 6) is -0.0759. The molecule has 4 rings (SSSR count). The van der Waals surface area contributed by atoms with Crippen molar-refractivity contribution in [2.24, 2.45) is 0 Å². The third kappa shape index (κ3) is 3.53. The molecule has 1 aromatic carbocycles. The summed E-state index contributed by atoms with van der Waals surface area (Å²) in [6.07, 6.45) is 2.26. The van der Waals surface area contributed by atoms with Crippen LogP contribution in [-0.2, 0) is 27.1 Å². The lowest BCUT2D eigenvalue weighted by atomic mass is 9.76. The number of rotatable bonds is 3. The molecular formula is C20H28BFN2O3. The van der Waals surface area contributed by atoms with Gasteiger partial charge in [0.25, 0.3) is 0 Å². The second-order valence-electron chi connectivity index (χ2n) is 9.02. The quantitative estimate of drug-likeness (QED) is 0.820. The summed E-state index contributed by atoms with van der Waals surface area (Å²) in [5, 5.41) is 2.99. The number of hydrogen-bond acceptors (Lipinski definition) is 4. The number of benzene rings is 1. The van der Waals surface area contributed by atoms with Crippen molar-refractivity contribution in [3.8, 4) is 0 Å². The Bertz CT molecular complexity index is 752. The number of nitrogens with zero attached hydrogens (tertiary/aromatic N) is 1. The Labute approximate surface area is 160 Å². The molecule has 0 aliphatic carbocycles. The van der Waals surface area contributed by atoms with Crippen LogP contribution in [-0.4, -0.2) is 48.3 Å². The molecule has 5 nitrogen and oxygen atoms in total. The summed E-state index contributed by atoms with van der Waals surface area (Å²) in [4.78, 5) is 13.6. The van der Waals surface area contributed by atoms with E-state index in [2.05, 4.69) is 10.2 Å². The fraction of sp³-hybridized carbons (Fsp3) is 0.650. The lowest BCUT2D eigenvalue weighted by Crippen LogP contribution is -2.42. The maximum atomic E-state index is 14.9. The van der Waals surface area contributed by atoms with Gasteiger partial charge in [0.15, 0.2) is 0 Å². The molecule has 1 atom stereocenters. The van der Waals surface area contributed by atoms with Gasteiger partial charge in [-0.2, -0.15) is 0 Å². The number of carbonyl (C=O) groups is 1. The zero-order valence-electron chi connectivity index (χ0n) is 16.6. The number of amides is 1. The van der Waals surface area contributed by atoms with E-state index in [1.54, 1.807) is 6.07 Å². The van der Waals surface area contributed by atoms with Gasteiger partial charge in [-0.05, 0) is 57.6 Å². The molecule has 0 aromatic heterocycles. The Morgan fingerprint density at radius 3 is 2.56 bits per heavy atom. The summed E-state index contributed by atoms with van der Waals surface area (Å²) in [6.45, 7) is 10.2. The van der Waals surface area contributed by atoms with E-state index in [0.29, 0.717) is 13.0 Å². The van der Waals surface area contributed by atoms with Gasteiger partial charge >= 0.3 is 7.12 Å². The summed E-state index contributed by atoms with van der Waals surface area (Å²) < 4.78 is 27.1. The summed E-state index contributed by atoms with van der Waals surface area (Å²) in [7, 11) is -0.540. The number of fused-ring (bicyclic) bond motifs is 1. The van der Waals surface area contributed by atoms with Crippen LogP contribution in [0.25, 0.3) is 0 Å². The van der Waals surface area contributed by atoms with Crippen molar-refractivity contribution in [2.45, 2.75) is 70.7 Å². The predicted octanol–water partition coefficient (Wildman–Crippen LogP) is 1.76. The number of halogens is 1. The maximum absolute atomic E-state index is 14.9. The maximum Gasteiger partial charge on any atom is 0.494 e. The van der Waals surface area contributed by atoms with Gasteiger partial charge in [0.05, 0.1) is 11.2 Å². The fourth-order valence-electron chi connectivity index (χ4n) is 4.10. The van der Waals surface area contributed by atoms with Crippen molar-refractivity contribution >= 4 is 18.5 Å². The van der Waals surface area contributed by atoms with E-state index in [0.717, 1.165) is 42.5 Å². The van der Waals surface area contributed by atoms with Gasteiger partial charge in [-0.25, -0.2) is 4.39 Å². The van der Waals surface area contributed by atoms with Crippen LogP contribution in [0.15, 0.2) is 12.1 Å². The van der Waals surface area contributed by atoms with E-state index in [9.17, 15) is 9.18 Å². The van der Waals surface area contributed by atoms with E-state index in [1.807, 2.05) is 33.8 Å². The highest BCUT2D eigenvalue weighted by Gasteiger charge is 2.52. The molecule has 146 valence electrons. The SMILES string of the molecule is CC1(C)OB(c2cc(F)c3c(c2)CCN(CC2CCC(=O)N2)C3)OC1(C)C. The minimum Gasteiger partial charge on any atom is -0.399 e. The van der Waals surface area contributed by atoms with Crippen molar-refractivity contribution < 1.29 is 18.5 Å². The molecule has 3 heterocycles. The van der Waals surface area contributed by atoms with E-state index in [1.165, 1.54) is 0 Å². The molecule has 1 amide bonds. The average Bonchev–Trinajstić information content (AvgIpc) is 3.08. The third-order valence-corrected chi connectivity index (χ3v) is 6.48. The predicted molar refractivity (Wildman–Crippen MR) is 102 cm³/mol. The third-order valence-electron chi connectivity index (χ3n) is 6.48. The van der Waals surface area contributed by atoms with Crippen molar-refractivity contribution in [1.29, 1.82) is 0 Å². The highest BCUT2D eigenvalue weighted by Crippen LogP contribution is 2.36. The highest BCUT2D eigenvalue weighted by molar-refractivity contribution is 6.62. The largest absolute Gasteiger partial charge is 0.494 e. The molecule has 3 aliphatic heterocycles. The van der Waals surface area contributed by atoms with Gasteiger partial charge in [0.2, 0.25) is 5.91 Å². The first-order chi connectivity index (χ1) is 12.6. The van der Waals surface area contributed by atoms with Crippen molar-refractivity contribution in [2.75, 3.05) is 13.1 Å². The highest BCUT2D eigenvalue weighted by atomic mass is 19.1. The Kier molecular flexibility index (Phi) is 4.60. The molecule has 1 N–H and O–H groups in total. The van der Waals surface area contributed by atoms with Gasteiger partial charge < -0.3 is 14.6 Å². The number of nitrogens with one attached hydrogen (secondary N) is 1. The van der Waals surface area contributed by atoms with Gasteiger partial charge in [-0.3, -0.25) is 9.69 Å². The first kappa shape index (κ1) is 18.9. The van der Waals surface area contributed by atoms with Gasteiger partial charge in [0.1, 0.15) is 5.82 Å². The minimum atomic E-state index is -0.540. The Morgan fingerprint density at radius 2 is 1.93 bits per heavy atom. The summed E-state index contributed by atoms with van der Waals surface area (Å²) in [5.41, 5.74) is 1.66. The smallest absolute Gasteiger partial charge is 0.399 e. The molecule has 0 radical (unpaired) electrons. The first-order valence-electron chi connectivity index (χ1n) is 9.83. The lowest BCUT2D eigenvalue weighted by Gasteiger charge is -2.32. The van der Waals surface area contributed by atoms with Gasteiger partial charge in [-0.1, -0.05) is 6.07 Å². The second-order valence-corrected chi connectivity index (χ2v) is 9.02. The van der Waals surface area contributed by atoms with Crippen LogP contribution in [0.2, 0.25) is 0 Å². The molecule has 0 spiro atoms. The summed E-state index contributed by atoms with van der Waals surface area (Å²) in [6, 6.07) is 3.78. The van der Waals surface area contributed by atoms with Crippen LogP contribution in [0, 0.1) is 5.82 Å². The van der Waals surface area contributed by atoms with Crippen LogP contribution in [0.1, 0.15) is 51.7 Å². The van der Waals surface area contributed by atoms with Crippen LogP contribution >= 0.6 is 0 Å². The molecule has 1 aromatic rings. The van der Waals surface area contributed by atoms with E-state index in [-0.39, 0.29) is 17.8 Å². The number of hydrogen-bond donors (Lipinski definition) is 1. The van der Waals surface area contributed by atoms with Crippen LogP contribution in [0.4, 0.5) is 4.39 Å². The molecule has 0 saturated carbocycles. The molecule has 2 saturated heterocycles. The first-order valence-corrected chi connectivity index (χ1v) is 9.83. The molecular weight excluding hydrogens is 346 g/mol. The van der Waals surface area contributed by atoms with Crippen LogP contribution in [0.5, 0.6) is 0 Å². The fourth-order valence-corrected chi connectivity index (χ4v) is 4.10. The number of carbonyl (C=O) groups excluding carboxylic acids is 1. The molecule has 27 heavy (non-hydrogen) atoms. The molecule has 0 bridgehead atoms. The molecule has 7 heteroatoms. The van der Waals surface area contributed by atoms with Crippen molar-refractivity contribution in [3.63, 3.8) is 0 Å². The monoisotopic (exact) mass is 374 g/mol. The van der Waals surface area contributed by atoms with E-state index in [4.69, 9.17) is 9.31 Å². The minimum absolute atomic E-state index is 0.121.